The van der Waals surface area contributed by atoms with E-state index >= 15 is 0 Å². The Labute approximate surface area is 184 Å². The minimum absolute atomic E-state index is 0.0212. The number of benzene rings is 2. The first-order valence-electron chi connectivity index (χ1n) is 10.1. The van der Waals surface area contributed by atoms with Gasteiger partial charge in [-0.15, -0.1) is 10.2 Å². The molecule has 0 aliphatic carbocycles. The topological polar surface area (TPSA) is 72.5 Å². The third-order valence-corrected chi connectivity index (χ3v) is 6.68. The monoisotopic (exact) mass is 435 g/mol. The third kappa shape index (κ3) is 3.72. The molecule has 0 bridgehead atoms. The molecule has 0 radical (unpaired) electrons. The molecule has 8 heteroatoms. The molecular weight excluding hydrogens is 410 g/mol. The standard InChI is InChI=1S/C23H25N5O2S/c1-14(2)19(21(30)26(4)5)31-23-25-24-22-27(16-12-10-15(3)11-13-16)20(29)17-8-6-7-9-18(17)28(22)23/h6-14,19H,1-5H3. The Morgan fingerprint density at radius 2 is 1.71 bits per heavy atom. The van der Waals surface area contributed by atoms with Crippen LogP contribution in [0.5, 0.6) is 0 Å². The number of amides is 1. The molecule has 0 aliphatic rings. The number of thioether (sulfide) groups is 1. The average Bonchev–Trinajstić information content (AvgIpc) is 3.16. The van der Waals surface area contributed by atoms with Gasteiger partial charge in [0, 0.05) is 14.1 Å². The Bertz CT molecular complexity index is 1320. The van der Waals surface area contributed by atoms with Gasteiger partial charge in [0.2, 0.25) is 11.7 Å². The van der Waals surface area contributed by atoms with Gasteiger partial charge in [0.05, 0.1) is 21.8 Å². The van der Waals surface area contributed by atoms with Crippen LogP contribution in [0.4, 0.5) is 0 Å². The van der Waals surface area contributed by atoms with Crippen LogP contribution in [0.3, 0.4) is 0 Å². The Morgan fingerprint density at radius 1 is 1.03 bits per heavy atom. The van der Waals surface area contributed by atoms with Gasteiger partial charge < -0.3 is 4.90 Å². The number of fused-ring (bicyclic) bond motifs is 3. The van der Waals surface area contributed by atoms with Crippen LogP contribution in [0, 0.1) is 12.8 Å². The zero-order valence-corrected chi connectivity index (χ0v) is 19.1. The number of hydrogen-bond donors (Lipinski definition) is 0. The van der Waals surface area contributed by atoms with Crippen molar-refractivity contribution >= 4 is 34.3 Å². The first-order chi connectivity index (χ1) is 14.8. The molecule has 1 amide bonds. The average molecular weight is 436 g/mol. The van der Waals surface area contributed by atoms with Crippen LogP contribution in [-0.2, 0) is 4.79 Å². The summed E-state index contributed by atoms with van der Waals surface area (Å²) in [5.41, 5.74) is 2.40. The summed E-state index contributed by atoms with van der Waals surface area (Å²) in [4.78, 5) is 27.8. The summed E-state index contributed by atoms with van der Waals surface area (Å²) in [5, 5.41) is 9.61. The second-order valence-corrected chi connectivity index (χ2v) is 9.24. The van der Waals surface area contributed by atoms with E-state index in [-0.39, 0.29) is 22.6 Å². The van der Waals surface area contributed by atoms with Gasteiger partial charge in [0.15, 0.2) is 5.16 Å². The Morgan fingerprint density at radius 3 is 2.35 bits per heavy atom. The molecule has 0 saturated heterocycles. The van der Waals surface area contributed by atoms with Gasteiger partial charge in [0.1, 0.15) is 0 Å². The van der Waals surface area contributed by atoms with E-state index in [1.54, 1.807) is 29.6 Å². The van der Waals surface area contributed by atoms with Crippen LogP contribution in [0.2, 0.25) is 0 Å². The molecule has 160 valence electrons. The molecule has 1 atom stereocenters. The first-order valence-corrected chi connectivity index (χ1v) is 11.0. The molecule has 0 aliphatic heterocycles. The van der Waals surface area contributed by atoms with Gasteiger partial charge in [0.25, 0.3) is 5.56 Å². The Balaban J connectivity index is 1.99. The van der Waals surface area contributed by atoms with Gasteiger partial charge in [-0.2, -0.15) is 0 Å². The molecule has 31 heavy (non-hydrogen) atoms. The molecule has 0 saturated carbocycles. The van der Waals surface area contributed by atoms with Crippen molar-refractivity contribution in [3.8, 4) is 5.69 Å². The zero-order chi connectivity index (χ0) is 22.3. The fourth-order valence-corrected chi connectivity index (χ4v) is 4.71. The van der Waals surface area contributed by atoms with E-state index in [9.17, 15) is 9.59 Å². The van der Waals surface area contributed by atoms with E-state index in [0.717, 1.165) is 16.8 Å². The lowest BCUT2D eigenvalue weighted by Crippen LogP contribution is -2.35. The number of aromatic nitrogens is 4. The van der Waals surface area contributed by atoms with Crippen LogP contribution in [0.25, 0.3) is 22.4 Å². The van der Waals surface area contributed by atoms with E-state index in [0.29, 0.717) is 16.3 Å². The first kappa shape index (κ1) is 21.1. The van der Waals surface area contributed by atoms with E-state index in [1.807, 2.05) is 67.6 Å². The van der Waals surface area contributed by atoms with E-state index in [1.165, 1.54) is 11.8 Å². The Hall–Kier alpha value is -3.13. The number of nitrogens with zero attached hydrogens (tertiary/aromatic N) is 5. The molecule has 0 spiro atoms. The third-order valence-electron chi connectivity index (χ3n) is 5.21. The Kier molecular flexibility index (Phi) is 5.58. The summed E-state index contributed by atoms with van der Waals surface area (Å²) in [7, 11) is 3.51. The molecule has 4 rings (SSSR count). The van der Waals surface area contributed by atoms with Crippen molar-refractivity contribution < 1.29 is 4.79 Å². The van der Waals surface area contributed by atoms with Gasteiger partial charge in [-0.25, -0.2) is 4.57 Å². The van der Waals surface area contributed by atoms with Crippen LogP contribution in [0.1, 0.15) is 19.4 Å². The quantitative estimate of drug-likeness (QED) is 0.448. The summed E-state index contributed by atoms with van der Waals surface area (Å²) in [6, 6.07) is 15.2. The smallest absolute Gasteiger partial charge is 0.267 e. The van der Waals surface area contributed by atoms with Gasteiger partial charge in [-0.05, 0) is 37.1 Å². The molecule has 0 N–H and O–H groups in total. The highest BCUT2D eigenvalue weighted by molar-refractivity contribution is 8.00. The fourth-order valence-electron chi connectivity index (χ4n) is 3.52. The molecule has 7 nitrogen and oxygen atoms in total. The molecule has 2 aromatic heterocycles. The normalized spacial score (nSPS) is 12.6. The number of para-hydroxylation sites is 1. The minimum atomic E-state index is -0.319. The molecule has 4 aromatic rings. The highest BCUT2D eigenvalue weighted by Crippen LogP contribution is 2.30. The molecule has 2 heterocycles. The maximum absolute atomic E-state index is 13.4. The minimum Gasteiger partial charge on any atom is -0.348 e. The predicted molar refractivity (Wildman–Crippen MR) is 124 cm³/mol. The number of aryl methyl sites for hydroxylation is 1. The van der Waals surface area contributed by atoms with Gasteiger partial charge in [-0.3, -0.25) is 14.0 Å². The van der Waals surface area contributed by atoms with E-state index in [2.05, 4.69) is 10.2 Å². The molecule has 0 fully saturated rings. The van der Waals surface area contributed by atoms with Crippen molar-refractivity contribution in [3.05, 3.63) is 64.4 Å². The van der Waals surface area contributed by atoms with Crippen LogP contribution in [-0.4, -0.2) is 49.3 Å². The summed E-state index contributed by atoms with van der Waals surface area (Å²) >= 11 is 1.38. The second kappa shape index (κ2) is 8.19. The molecular formula is C23H25N5O2S. The van der Waals surface area contributed by atoms with Gasteiger partial charge >= 0.3 is 0 Å². The lowest BCUT2D eigenvalue weighted by Gasteiger charge is -2.22. The lowest BCUT2D eigenvalue weighted by atomic mass is 10.1. The number of carbonyl (C=O) groups excluding carboxylic acids is 1. The summed E-state index contributed by atoms with van der Waals surface area (Å²) in [6.45, 7) is 6.04. The largest absolute Gasteiger partial charge is 0.348 e. The van der Waals surface area contributed by atoms with Crippen molar-refractivity contribution in [1.82, 2.24) is 24.1 Å². The van der Waals surface area contributed by atoms with Crippen molar-refractivity contribution in [2.24, 2.45) is 5.92 Å². The van der Waals surface area contributed by atoms with E-state index < -0.39 is 0 Å². The molecule has 1 unspecified atom stereocenters. The second-order valence-electron chi connectivity index (χ2n) is 8.13. The van der Waals surface area contributed by atoms with Gasteiger partial charge in [-0.1, -0.05) is 55.4 Å². The van der Waals surface area contributed by atoms with Crippen LogP contribution >= 0.6 is 11.8 Å². The summed E-state index contributed by atoms with van der Waals surface area (Å²) in [6.07, 6.45) is 0. The van der Waals surface area contributed by atoms with Crippen molar-refractivity contribution in [1.29, 1.82) is 0 Å². The maximum Gasteiger partial charge on any atom is 0.267 e. The number of hydrogen-bond acceptors (Lipinski definition) is 5. The van der Waals surface area contributed by atoms with Crippen molar-refractivity contribution in [2.75, 3.05) is 14.1 Å². The van der Waals surface area contributed by atoms with E-state index in [4.69, 9.17) is 0 Å². The van der Waals surface area contributed by atoms with Crippen molar-refractivity contribution in [2.45, 2.75) is 31.2 Å². The highest BCUT2D eigenvalue weighted by Gasteiger charge is 2.28. The zero-order valence-electron chi connectivity index (χ0n) is 18.2. The number of rotatable bonds is 5. The highest BCUT2D eigenvalue weighted by atomic mass is 32.2. The van der Waals surface area contributed by atoms with Crippen LogP contribution in [0.15, 0.2) is 58.5 Å². The predicted octanol–water partition coefficient (Wildman–Crippen LogP) is 3.55. The summed E-state index contributed by atoms with van der Waals surface area (Å²) in [5.74, 6) is 0.546. The van der Waals surface area contributed by atoms with Crippen molar-refractivity contribution in [3.63, 3.8) is 0 Å². The molecule has 2 aromatic carbocycles. The summed E-state index contributed by atoms with van der Waals surface area (Å²) < 4.78 is 3.45. The maximum atomic E-state index is 13.4. The fraction of sp³-hybridized carbons (Fsp3) is 0.304. The SMILES string of the molecule is Cc1ccc(-n2c(=O)c3ccccc3n3c(SC(C(=O)N(C)C)C(C)C)nnc23)cc1. The number of carbonyl (C=O) groups is 1. The van der Waals surface area contributed by atoms with Crippen LogP contribution < -0.4 is 5.56 Å². The lowest BCUT2D eigenvalue weighted by molar-refractivity contribution is -0.128.